The molecule has 0 radical (unpaired) electrons. The monoisotopic (exact) mass is 384 g/mol. The van der Waals surface area contributed by atoms with Crippen molar-refractivity contribution >= 4 is 23.5 Å². The van der Waals surface area contributed by atoms with Gasteiger partial charge >= 0.3 is 0 Å². The van der Waals surface area contributed by atoms with E-state index in [1.165, 1.54) is 0 Å². The minimum atomic E-state index is -0.431. The molecule has 0 unspecified atom stereocenters. The van der Waals surface area contributed by atoms with E-state index in [9.17, 15) is 9.59 Å². The van der Waals surface area contributed by atoms with E-state index >= 15 is 0 Å². The molecule has 0 bridgehead atoms. The Balaban J connectivity index is 2.23. The molecule has 0 saturated carbocycles. The van der Waals surface area contributed by atoms with Gasteiger partial charge in [-0.1, -0.05) is 34.6 Å². The van der Waals surface area contributed by atoms with E-state index in [0.717, 1.165) is 34.0 Å². The number of aryl methyl sites for hydroxylation is 1. The topological polar surface area (TPSA) is 65.1 Å². The van der Waals surface area contributed by atoms with Gasteiger partial charge in [0.15, 0.2) is 5.78 Å². The number of fused-ring (bicyclic) bond motifs is 1. The highest BCUT2D eigenvalue weighted by Gasteiger charge is 2.34. The highest BCUT2D eigenvalue weighted by atomic mass is 32.2. The fraction of sp³-hybridized carbons (Fsp3) is 0.455. The van der Waals surface area contributed by atoms with Gasteiger partial charge in [-0.2, -0.15) is 0 Å². The molecule has 0 fully saturated rings. The van der Waals surface area contributed by atoms with Crippen molar-refractivity contribution in [2.24, 2.45) is 11.1 Å². The van der Waals surface area contributed by atoms with Crippen LogP contribution in [-0.2, 0) is 6.42 Å². The third-order valence-corrected chi connectivity index (χ3v) is 5.93. The average Bonchev–Trinajstić information content (AvgIpc) is 2.81. The van der Waals surface area contributed by atoms with Crippen LogP contribution in [0.5, 0.6) is 0 Å². The van der Waals surface area contributed by atoms with Crippen LogP contribution in [0.3, 0.4) is 0 Å². The Morgan fingerprint density at radius 3 is 2.44 bits per heavy atom. The molecule has 1 aliphatic rings. The zero-order chi connectivity index (χ0) is 20.1. The molecular formula is C22H28N2O2S. The number of hydrogen-bond acceptors (Lipinski definition) is 3. The maximum Gasteiger partial charge on any atom is 0.248 e. The van der Waals surface area contributed by atoms with E-state index in [1.54, 1.807) is 17.8 Å². The summed E-state index contributed by atoms with van der Waals surface area (Å²) in [7, 11) is 0. The summed E-state index contributed by atoms with van der Waals surface area (Å²) in [6.45, 7) is 12.7. The van der Waals surface area contributed by atoms with E-state index in [0.29, 0.717) is 12.0 Å². The summed E-state index contributed by atoms with van der Waals surface area (Å²) in [5.41, 5.74) is 9.89. The zero-order valence-corrected chi connectivity index (χ0v) is 17.8. The summed E-state index contributed by atoms with van der Waals surface area (Å²) in [5.74, 6) is -0.221. The highest BCUT2D eigenvalue weighted by molar-refractivity contribution is 8.00. The lowest BCUT2D eigenvalue weighted by molar-refractivity contribution is 0.0910. The van der Waals surface area contributed by atoms with Crippen molar-refractivity contribution in [1.82, 2.24) is 4.57 Å². The number of ketones is 1. The van der Waals surface area contributed by atoms with Crippen molar-refractivity contribution in [2.45, 2.75) is 64.0 Å². The predicted octanol–water partition coefficient (Wildman–Crippen LogP) is 4.93. The van der Waals surface area contributed by atoms with Crippen LogP contribution in [0, 0.1) is 12.3 Å². The molecule has 1 aliphatic carbocycles. The van der Waals surface area contributed by atoms with Crippen molar-refractivity contribution in [3.63, 3.8) is 0 Å². The van der Waals surface area contributed by atoms with E-state index in [2.05, 4.69) is 39.2 Å². The fourth-order valence-corrected chi connectivity index (χ4v) is 4.86. The number of rotatable bonds is 3. The third-order valence-electron chi connectivity index (χ3n) is 4.77. The molecule has 1 aromatic heterocycles. The van der Waals surface area contributed by atoms with Crippen molar-refractivity contribution in [3.05, 3.63) is 46.8 Å². The van der Waals surface area contributed by atoms with Gasteiger partial charge in [-0.15, -0.1) is 11.8 Å². The van der Waals surface area contributed by atoms with E-state index in [-0.39, 0.29) is 15.9 Å². The molecular weight excluding hydrogens is 356 g/mol. The minimum absolute atomic E-state index is 0.0266. The Hall–Kier alpha value is -2.01. The lowest BCUT2D eigenvalue weighted by Gasteiger charge is -2.30. The van der Waals surface area contributed by atoms with Gasteiger partial charge in [0.2, 0.25) is 5.91 Å². The molecule has 144 valence electrons. The van der Waals surface area contributed by atoms with Crippen LogP contribution >= 0.6 is 11.8 Å². The first-order valence-electron chi connectivity index (χ1n) is 9.26. The molecule has 2 aromatic rings. The van der Waals surface area contributed by atoms with E-state index in [1.807, 2.05) is 25.1 Å². The number of thioether (sulfide) groups is 1. The number of primary amides is 1. The van der Waals surface area contributed by atoms with Gasteiger partial charge in [-0.25, -0.2) is 0 Å². The van der Waals surface area contributed by atoms with Crippen LogP contribution in [0.2, 0.25) is 0 Å². The van der Waals surface area contributed by atoms with Crippen molar-refractivity contribution in [1.29, 1.82) is 0 Å². The summed E-state index contributed by atoms with van der Waals surface area (Å²) in [6.07, 6.45) is 1.42. The Morgan fingerprint density at radius 2 is 1.85 bits per heavy atom. The van der Waals surface area contributed by atoms with Gasteiger partial charge in [-0.3, -0.25) is 9.59 Å². The molecule has 2 N–H and O–H groups in total. The van der Waals surface area contributed by atoms with Gasteiger partial charge in [-0.05, 0) is 43.0 Å². The number of hydrogen-bond donors (Lipinski definition) is 1. The predicted molar refractivity (Wildman–Crippen MR) is 111 cm³/mol. The quantitative estimate of drug-likeness (QED) is 0.763. The number of Topliss-reactive ketones (excluding diaryl/α,β-unsaturated/α-hetero) is 1. The maximum atomic E-state index is 12.7. The van der Waals surface area contributed by atoms with Crippen LogP contribution in [0.4, 0.5) is 0 Å². The Morgan fingerprint density at radius 1 is 1.19 bits per heavy atom. The standard InChI is InChI=1S/C22H28N2O2S/c1-13-9-15-17(11-22(5,6)12-18(15)25)24(13)16-8-7-14(20(23)26)10-19(16)27-21(2,3)4/h7-10H,11-12H2,1-6H3,(H2,23,26). The molecule has 0 aliphatic heterocycles. The largest absolute Gasteiger partial charge is 0.366 e. The molecule has 5 heteroatoms. The van der Waals surface area contributed by atoms with Gasteiger partial charge in [0.05, 0.1) is 5.69 Å². The Labute approximate surface area is 165 Å². The molecule has 0 spiro atoms. The molecule has 4 nitrogen and oxygen atoms in total. The lowest BCUT2D eigenvalue weighted by Crippen LogP contribution is -2.28. The fourth-order valence-electron chi connectivity index (χ4n) is 3.75. The summed E-state index contributed by atoms with van der Waals surface area (Å²) in [4.78, 5) is 25.4. The number of carbonyl (C=O) groups is 2. The summed E-state index contributed by atoms with van der Waals surface area (Å²) >= 11 is 1.70. The number of nitrogens with two attached hydrogens (primary N) is 1. The first kappa shape index (κ1) is 19.7. The van der Waals surface area contributed by atoms with Crippen LogP contribution < -0.4 is 5.73 Å². The van der Waals surface area contributed by atoms with Crippen molar-refractivity contribution in [2.75, 3.05) is 0 Å². The minimum Gasteiger partial charge on any atom is -0.366 e. The van der Waals surface area contributed by atoms with Gasteiger partial charge in [0.25, 0.3) is 0 Å². The average molecular weight is 385 g/mol. The number of benzene rings is 1. The van der Waals surface area contributed by atoms with Gasteiger partial charge in [0.1, 0.15) is 0 Å². The smallest absolute Gasteiger partial charge is 0.248 e. The van der Waals surface area contributed by atoms with Crippen LogP contribution in [-0.4, -0.2) is 21.0 Å². The number of aromatic nitrogens is 1. The second-order valence-electron chi connectivity index (χ2n) is 9.18. The number of nitrogens with zero attached hydrogens (tertiary/aromatic N) is 1. The zero-order valence-electron chi connectivity index (χ0n) is 17.0. The molecule has 0 atom stereocenters. The third kappa shape index (κ3) is 3.98. The summed E-state index contributed by atoms with van der Waals surface area (Å²) < 4.78 is 2.16. The van der Waals surface area contributed by atoms with Gasteiger partial charge < -0.3 is 10.3 Å². The van der Waals surface area contributed by atoms with E-state index < -0.39 is 5.91 Å². The second kappa shape index (κ2) is 6.55. The highest BCUT2D eigenvalue weighted by Crippen LogP contribution is 2.41. The second-order valence-corrected chi connectivity index (χ2v) is 11.1. The summed E-state index contributed by atoms with van der Waals surface area (Å²) in [5, 5.41) is 0. The summed E-state index contributed by atoms with van der Waals surface area (Å²) in [6, 6.07) is 7.59. The first-order chi connectivity index (χ1) is 12.4. The molecule has 3 rings (SSSR count). The van der Waals surface area contributed by atoms with Gasteiger partial charge in [0, 0.05) is 38.6 Å². The van der Waals surface area contributed by atoms with Crippen molar-refractivity contribution in [3.8, 4) is 5.69 Å². The molecule has 1 heterocycles. The van der Waals surface area contributed by atoms with E-state index in [4.69, 9.17) is 5.73 Å². The Kier molecular flexibility index (Phi) is 4.79. The van der Waals surface area contributed by atoms with Crippen LogP contribution in [0.25, 0.3) is 5.69 Å². The normalized spacial score (nSPS) is 16.3. The molecule has 27 heavy (non-hydrogen) atoms. The number of carbonyl (C=O) groups excluding carboxylic acids is 2. The van der Waals surface area contributed by atoms with Crippen LogP contribution in [0.15, 0.2) is 29.2 Å². The molecule has 0 saturated heterocycles. The lowest BCUT2D eigenvalue weighted by atomic mass is 9.76. The molecule has 1 amide bonds. The maximum absolute atomic E-state index is 12.7. The number of amides is 1. The van der Waals surface area contributed by atoms with Crippen molar-refractivity contribution < 1.29 is 9.59 Å². The Bertz CT molecular complexity index is 933. The van der Waals surface area contributed by atoms with Crippen LogP contribution in [0.1, 0.15) is 73.1 Å². The first-order valence-corrected chi connectivity index (χ1v) is 10.1. The SMILES string of the molecule is Cc1cc2c(n1-c1ccc(C(N)=O)cc1SC(C)(C)C)CC(C)(C)CC2=O. The molecule has 1 aromatic carbocycles.